The number of ether oxygens (including phenoxy) is 1. The van der Waals surface area contributed by atoms with Crippen molar-refractivity contribution in [2.75, 3.05) is 12.0 Å². The number of thioether (sulfide) groups is 1. The van der Waals surface area contributed by atoms with Crippen LogP contribution in [-0.2, 0) is 15.3 Å². The van der Waals surface area contributed by atoms with Gasteiger partial charge in [-0.25, -0.2) is 0 Å². The lowest BCUT2D eigenvalue weighted by Crippen LogP contribution is -2.29. The summed E-state index contributed by atoms with van der Waals surface area (Å²) in [6.07, 6.45) is 2.92. The molecule has 2 N–H and O–H groups in total. The highest BCUT2D eigenvalue weighted by molar-refractivity contribution is 9.10. The van der Waals surface area contributed by atoms with E-state index in [4.69, 9.17) is 27.9 Å². The van der Waals surface area contributed by atoms with Crippen LogP contribution in [0.3, 0.4) is 0 Å². The molecular formula is C26H17BrCl2N4O5S2. The number of methoxy groups -OCH3 is 1. The van der Waals surface area contributed by atoms with Gasteiger partial charge in [-0.2, -0.15) is 0 Å². The zero-order chi connectivity index (χ0) is 28.6. The number of pyridine rings is 1. The van der Waals surface area contributed by atoms with Crippen molar-refractivity contribution < 1.29 is 24.5 Å². The molecule has 1 aliphatic rings. The number of aromatic nitrogens is 3. The minimum Gasteiger partial charge on any atom is -0.507 e. The van der Waals surface area contributed by atoms with Gasteiger partial charge in [-0.05, 0) is 63.5 Å². The molecule has 204 valence electrons. The monoisotopic (exact) mass is 678 g/mol. The van der Waals surface area contributed by atoms with E-state index in [0.717, 1.165) is 16.9 Å². The highest BCUT2D eigenvalue weighted by atomic mass is 79.9. The third-order valence-corrected chi connectivity index (χ3v) is 9.25. The Bertz CT molecular complexity index is 1670. The molecule has 0 bridgehead atoms. The van der Waals surface area contributed by atoms with Crippen molar-refractivity contribution in [3.63, 3.8) is 0 Å². The topological polar surface area (TPSA) is 126 Å². The van der Waals surface area contributed by atoms with Gasteiger partial charge in [-0.3, -0.25) is 19.5 Å². The number of Topliss-reactive ketones (excluding diaryl/α,β-unsaturated/α-hetero) is 1. The zero-order valence-electron chi connectivity index (χ0n) is 20.3. The molecule has 2 aromatic carbocycles. The molecule has 5 rings (SSSR count). The van der Waals surface area contributed by atoms with E-state index in [9.17, 15) is 19.8 Å². The lowest BCUT2D eigenvalue weighted by molar-refractivity contribution is -0.132. The largest absolute Gasteiger partial charge is 0.507 e. The van der Waals surface area contributed by atoms with E-state index < -0.39 is 17.7 Å². The Labute approximate surface area is 254 Å². The SMILES string of the molecule is COc1cc(C2C(=C(O)c3ccncc3)C(=O)C(=O)N2c2nnc(SCc3ccc(Cl)cc3Cl)s2)cc(Br)c1O. The third-order valence-electron chi connectivity index (χ3n) is 5.95. The molecule has 0 radical (unpaired) electrons. The van der Waals surface area contributed by atoms with Gasteiger partial charge in [0, 0.05) is 33.8 Å². The summed E-state index contributed by atoms with van der Waals surface area (Å²) in [7, 11) is 1.38. The molecule has 0 saturated carbocycles. The molecule has 1 aliphatic heterocycles. The fourth-order valence-electron chi connectivity index (χ4n) is 4.05. The summed E-state index contributed by atoms with van der Waals surface area (Å²) in [6, 6.07) is 10.2. The van der Waals surface area contributed by atoms with Crippen LogP contribution in [0.2, 0.25) is 10.0 Å². The standard InChI is InChI=1S/C26H17BrCl2N4O5S2/c1-38-18-9-14(8-16(27)22(18)35)20-19(21(34)12-4-6-30-7-5-12)23(36)24(37)33(20)25-31-32-26(40-25)39-11-13-2-3-15(28)10-17(13)29/h2-10,20,34-35H,11H2,1H3. The smallest absolute Gasteiger partial charge is 0.301 e. The van der Waals surface area contributed by atoms with Crippen LogP contribution in [0.15, 0.2) is 69.2 Å². The van der Waals surface area contributed by atoms with Crippen molar-refractivity contribution in [3.8, 4) is 11.5 Å². The summed E-state index contributed by atoms with van der Waals surface area (Å²) in [5, 5.41) is 31.2. The number of hydrogen-bond donors (Lipinski definition) is 2. The lowest BCUT2D eigenvalue weighted by atomic mass is 9.95. The number of nitrogens with zero attached hydrogens (tertiary/aromatic N) is 4. The van der Waals surface area contributed by atoms with E-state index in [1.165, 1.54) is 54.4 Å². The van der Waals surface area contributed by atoms with Gasteiger partial charge < -0.3 is 14.9 Å². The molecule has 40 heavy (non-hydrogen) atoms. The molecular weight excluding hydrogens is 663 g/mol. The Morgan fingerprint density at radius 1 is 1.15 bits per heavy atom. The summed E-state index contributed by atoms with van der Waals surface area (Å²) >= 11 is 18.0. The number of aliphatic hydroxyl groups excluding tert-OH is 1. The minimum absolute atomic E-state index is 0.104. The van der Waals surface area contributed by atoms with Crippen LogP contribution >= 0.6 is 62.2 Å². The van der Waals surface area contributed by atoms with Gasteiger partial charge in [-0.15, -0.1) is 10.2 Å². The van der Waals surface area contributed by atoms with E-state index in [2.05, 4.69) is 31.1 Å². The summed E-state index contributed by atoms with van der Waals surface area (Å²) in [4.78, 5) is 31.9. The summed E-state index contributed by atoms with van der Waals surface area (Å²) in [6.45, 7) is 0. The number of hydrogen-bond acceptors (Lipinski definition) is 10. The first-order chi connectivity index (χ1) is 19.2. The molecule has 1 amide bonds. The molecule has 4 aromatic rings. The second kappa shape index (κ2) is 11.8. The lowest BCUT2D eigenvalue weighted by Gasteiger charge is -2.23. The van der Waals surface area contributed by atoms with E-state index in [0.29, 0.717) is 31.3 Å². The maximum atomic E-state index is 13.4. The predicted molar refractivity (Wildman–Crippen MR) is 157 cm³/mol. The number of aromatic hydroxyl groups is 1. The Balaban J connectivity index is 1.58. The number of carbonyl (C=O) groups is 2. The number of phenols is 1. The van der Waals surface area contributed by atoms with E-state index in [1.807, 2.05) is 6.07 Å². The average Bonchev–Trinajstić information content (AvgIpc) is 3.51. The van der Waals surface area contributed by atoms with Crippen molar-refractivity contribution in [1.82, 2.24) is 15.2 Å². The van der Waals surface area contributed by atoms with Crippen LogP contribution in [0.25, 0.3) is 5.76 Å². The van der Waals surface area contributed by atoms with Gasteiger partial charge in [0.05, 0.1) is 23.2 Å². The molecule has 0 spiro atoms. The van der Waals surface area contributed by atoms with Crippen LogP contribution < -0.4 is 9.64 Å². The molecule has 1 fully saturated rings. The van der Waals surface area contributed by atoms with Crippen molar-refractivity contribution in [1.29, 1.82) is 0 Å². The molecule has 3 heterocycles. The van der Waals surface area contributed by atoms with Gasteiger partial charge in [0.15, 0.2) is 15.8 Å². The molecule has 1 saturated heterocycles. The zero-order valence-corrected chi connectivity index (χ0v) is 25.1. The van der Waals surface area contributed by atoms with Gasteiger partial charge in [0.1, 0.15) is 5.76 Å². The number of rotatable bonds is 7. The van der Waals surface area contributed by atoms with E-state index in [-0.39, 0.29) is 32.4 Å². The van der Waals surface area contributed by atoms with Crippen molar-refractivity contribution >= 4 is 84.8 Å². The second-order valence-corrected chi connectivity index (χ2v) is 12.2. The van der Waals surface area contributed by atoms with Gasteiger partial charge in [0.2, 0.25) is 5.13 Å². The number of amides is 1. The van der Waals surface area contributed by atoms with Crippen LogP contribution in [-0.4, -0.2) is 44.2 Å². The predicted octanol–water partition coefficient (Wildman–Crippen LogP) is 6.64. The van der Waals surface area contributed by atoms with Gasteiger partial charge >= 0.3 is 5.91 Å². The summed E-state index contributed by atoms with van der Waals surface area (Å²) in [5.74, 6) is -1.76. The Hall–Kier alpha value is -3.16. The molecule has 0 aliphatic carbocycles. The number of carbonyl (C=O) groups excluding carboxylic acids is 2. The molecule has 2 aromatic heterocycles. The maximum absolute atomic E-state index is 13.4. The normalized spacial score (nSPS) is 16.5. The highest BCUT2D eigenvalue weighted by Gasteiger charge is 2.48. The van der Waals surface area contributed by atoms with Crippen molar-refractivity contribution in [3.05, 3.63) is 91.6 Å². The average molecular weight is 680 g/mol. The first kappa shape index (κ1) is 28.4. The number of ketones is 1. The molecule has 1 unspecified atom stereocenters. The minimum atomic E-state index is -1.10. The number of aliphatic hydroxyl groups is 1. The first-order valence-corrected chi connectivity index (χ1v) is 14.7. The highest BCUT2D eigenvalue weighted by Crippen LogP contribution is 2.47. The van der Waals surface area contributed by atoms with Crippen molar-refractivity contribution in [2.24, 2.45) is 0 Å². The second-order valence-electron chi connectivity index (χ2n) is 8.33. The Morgan fingerprint density at radius 2 is 1.90 bits per heavy atom. The number of anilines is 1. The number of halogens is 3. The quantitative estimate of drug-likeness (QED) is 0.0727. The van der Waals surface area contributed by atoms with E-state index >= 15 is 0 Å². The fraction of sp³-hybridized carbons (Fsp3) is 0.115. The fourth-order valence-corrected chi connectivity index (χ4v) is 6.94. The molecule has 14 heteroatoms. The van der Waals surface area contributed by atoms with Crippen molar-refractivity contribution in [2.45, 2.75) is 16.1 Å². The first-order valence-electron chi connectivity index (χ1n) is 11.4. The summed E-state index contributed by atoms with van der Waals surface area (Å²) in [5.41, 5.74) is 1.37. The van der Waals surface area contributed by atoms with Crippen LogP contribution in [0.4, 0.5) is 5.13 Å². The number of phenolic OH excluding ortho intramolecular Hbond substituents is 1. The Kier molecular flexibility index (Phi) is 8.34. The van der Waals surface area contributed by atoms with Crippen LogP contribution in [0.1, 0.15) is 22.7 Å². The van der Waals surface area contributed by atoms with Gasteiger partial charge in [-0.1, -0.05) is 52.4 Å². The van der Waals surface area contributed by atoms with E-state index in [1.54, 1.807) is 18.2 Å². The van der Waals surface area contributed by atoms with Gasteiger partial charge in [0.25, 0.3) is 5.78 Å². The summed E-state index contributed by atoms with van der Waals surface area (Å²) < 4.78 is 6.09. The third kappa shape index (κ3) is 5.41. The van der Waals surface area contributed by atoms with Crippen LogP contribution in [0.5, 0.6) is 11.5 Å². The maximum Gasteiger partial charge on any atom is 0.301 e. The number of benzene rings is 2. The Morgan fingerprint density at radius 3 is 2.60 bits per heavy atom. The van der Waals surface area contributed by atoms with Crippen LogP contribution in [0, 0.1) is 0 Å². The molecule has 1 atom stereocenters. The molecule has 9 nitrogen and oxygen atoms in total.